The average Bonchev–Trinajstić information content (AvgIpc) is 2.31. The molecule has 0 atom stereocenters. The summed E-state index contributed by atoms with van der Waals surface area (Å²) in [7, 11) is -1.91. The SMILES string of the molecule is COc1c(C)cnc(CC(=O)C(C)(C)S(C)(=O)=O)c1C. The van der Waals surface area contributed by atoms with E-state index < -0.39 is 14.6 Å². The standard InChI is InChI=1S/C14H21NO4S/c1-9-8-15-11(10(2)13(9)19-5)7-12(16)14(3,4)20(6,17)18/h8H,7H2,1-6H3. The molecule has 0 fully saturated rings. The van der Waals surface area contributed by atoms with Crippen molar-refractivity contribution >= 4 is 15.6 Å². The Morgan fingerprint density at radius 1 is 1.35 bits per heavy atom. The first-order valence-corrected chi connectivity index (χ1v) is 8.13. The fourth-order valence-corrected chi connectivity index (χ4v) is 2.31. The molecule has 0 aliphatic heterocycles. The van der Waals surface area contributed by atoms with Gasteiger partial charge in [-0.2, -0.15) is 0 Å². The van der Waals surface area contributed by atoms with E-state index in [9.17, 15) is 13.2 Å². The highest BCUT2D eigenvalue weighted by atomic mass is 32.2. The van der Waals surface area contributed by atoms with Gasteiger partial charge in [0.15, 0.2) is 15.6 Å². The Bertz CT molecular complexity index is 633. The number of hydrogen-bond acceptors (Lipinski definition) is 5. The van der Waals surface area contributed by atoms with Crippen molar-refractivity contribution in [3.05, 3.63) is 23.0 Å². The van der Waals surface area contributed by atoms with Crippen LogP contribution in [0.4, 0.5) is 0 Å². The Balaban J connectivity index is 3.16. The van der Waals surface area contributed by atoms with Crippen molar-refractivity contribution in [1.29, 1.82) is 0 Å². The summed E-state index contributed by atoms with van der Waals surface area (Å²) >= 11 is 0. The second-order valence-electron chi connectivity index (χ2n) is 5.43. The third kappa shape index (κ3) is 3.00. The Kier molecular flexibility index (Phi) is 4.59. The van der Waals surface area contributed by atoms with E-state index in [0.29, 0.717) is 11.4 Å². The zero-order valence-corrected chi connectivity index (χ0v) is 13.6. The lowest BCUT2D eigenvalue weighted by atomic mass is 10.00. The Morgan fingerprint density at radius 3 is 2.35 bits per heavy atom. The molecule has 1 aromatic rings. The number of nitrogens with zero attached hydrogens (tertiary/aromatic N) is 1. The second kappa shape index (κ2) is 5.52. The molecule has 0 unspecified atom stereocenters. The van der Waals surface area contributed by atoms with E-state index in [2.05, 4.69) is 4.98 Å². The number of aryl methyl sites for hydroxylation is 1. The molecular formula is C14H21NO4S. The van der Waals surface area contributed by atoms with Gasteiger partial charge in [-0.15, -0.1) is 0 Å². The van der Waals surface area contributed by atoms with E-state index in [1.807, 2.05) is 13.8 Å². The quantitative estimate of drug-likeness (QED) is 0.826. The van der Waals surface area contributed by atoms with Gasteiger partial charge in [-0.05, 0) is 27.7 Å². The summed E-state index contributed by atoms with van der Waals surface area (Å²) in [6, 6.07) is 0. The lowest BCUT2D eigenvalue weighted by Gasteiger charge is -2.21. The van der Waals surface area contributed by atoms with Crippen LogP contribution in [0.3, 0.4) is 0 Å². The van der Waals surface area contributed by atoms with Crippen molar-refractivity contribution in [2.45, 2.75) is 38.9 Å². The van der Waals surface area contributed by atoms with E-state index in [-0.39, 0.29) is 12.2 Å². The molecule has 112 valence electrons. The van der Waals surface area contributed by atoms with Crippen molar-refractivity contribution < 1.29 is 17.9 Å². The maximum atomic E-state index is 12.3. The number of carbonyl (C=O) groups excluding carboxylic acids is 1. The molecule has 5 nitrogen and oxygen atoms in total. The van der Waals surface area contributed by atoms with E-state index in [0.717, 1.165) is 17.4 Å². The molecule has 20 heavy (non-hydrogen) atoms. The first kappa shape index (κ1) is 16.6. The predicted molar refractivity (Wildman–Crippen MR) is 77.9 cm³/mol. The minimum absolute atomic E-state index is 0.0253. The molecule has 1 heterocycles. The summed E-state index contributed by atoms with van der Waals surface area (Å²) in [4.78, 5) is 16.5. The molecule has 0 N–H and O–H groups in total. The van der Waals surface area contributed by atoms with Crippen LogP contribution in [0.2, 0.25) is 0 Å². The van der Waals surface area contributed by atoms with Gasteiger partial charge in [-0.1, -0.05) is 0 Å². The van der Waals surface area contributed by atoms with Crippen molar-refractivity contribution in [3.63, 3.8) is 0 Å². The van der Waals surface area contributed by atoms with E-state index in [1.165, 1.54) is 13.8 Å². The lowest BCUT2D eigenvalue weighted by molar-refractivity contribution is -0.120. The second-order valence-corrected chi connectivity index (χ2v) is 7.99. The first-order valence-electron chi connectivity index (χ1n) is 6.24. The van der Waals surface area contributed by atoms with Crippen LogP contribution in [0.15, 0.2) is 6.20 Å². The molecule has 6 heteroatoms. The molecule has 0 aliphatic rings. The molecule has 0 radical (unpaired) electrons. The number of ketones is 1. The van der Waals surface area contributed by atoms with E-state index in [4.69, 9.17) is 4.74 Å². The molecule has 0 spiro atoms. The molecule has 0 bridgehead atoms. The maximum Gasteiger partial charge on any atom is 0.159 e. The van der Waals surface area contributed by atoms with Crippen LogP contribution in [-0.2, 0) is 21.1 Å². The lowest BCUT2D eigenvalue weighted by Crippen LogP contribution is -2.41. The van der Waals surface area contributed by atoms with Crippen LogP contribution in [-0.4, -0.2) is 37.3 Å². The number of ether oxygens (including phenoxy) is 1. The van der Waals surface area contributed by atoms with Crippen LogP contribution in [0, 0.1) is 13.8 Å². The Hall–Kier alpha value is -1.43. The predicted octanol–water partition coefficient (Wildman–Crippen LogP) is 1.64. The van der Waals surface area contributed by atoms with Crippen LogP contribution in [0.25, 0.3) is 0 Å². The van der Waals surface area contributed by atoms with Gasteiger partial charge >= 0.3 is 0 Å². The van der Waals surface area contributed by atoms with Gasteiger partial charge < -0.3 is 4.74 Å². The Morgan fingerprint density at radius 2 is 1.90 bits per heavy atom. The molecule has 0 saturated heterocycles. The molecular weight excluding hydrogens is 278 g/mol. The van der Waals surface area contributed by atoms with Crippen molar-refractivity contribution in [3.8, 4) is 5.75 Å². The summed E-state index contributed by atoms with van der Waals surface area (Å²) in [5, 5.41) is 0. The number of sulfone groups is 1. The molecule has 0 aromatic carbocycles. The van der Waals surface area contributed by atoms with Gasteiger partial charge in [0.05, 0.1) is 19.2 Å². The highest BCUT2D eigenvalue weighted by molar-refractivity contribution is 7.92. The maximum absolute atomic E-state index is 12.3. The number of aromatic nitrogens is 1. The number of carbonyl (C=O) groups is 1. The topological polar surface area (TPSA) is 73.3 Å². The largest absolute Gasteiger partial charge is 0.496 e. The number of Topliss-reactive ketones (excluding diaryl/α,β-unsaturated/α-hetero) is 1. The number of hydrogen-bond donors (Lipinski definition) is 0. The van der Waals surface area contributed by atoms with E-state index >= 15 is 0 Å². The van der Waals surface area contributed by atoms with Crippen molar-refractivity contribution in [2.24, 2.45) is 0 Å². The van der Waals surface area contributed by atoms with Crippen LogP contribution in [0.5, 0.6) is 5.75 Å². The van der Waals surface area contributed by atoms with Crippen LogP contribution in [0.1, 0.15) is 30.7 Å². The van der Waals surface area contributed by atoms with Crippen molar-refractivity contribution in [2.75, 3.05) is 13.4 Å². The molecule has 0 saturated carbocycles. The third-order valence-corrected chi connectivity index (χ3v) is 5.76. The molecule has 0 aliphatic carbocycles. The smallest absolute Gasteiger partial charge is 0.159 e. The zero-order chi connectivity index (χ0) is 15.7. The summed E-state index contributed by atoms with van der Waals surface area (Å²) in [5.41, 5.74) is 2.20. The van der Waals surface area contributed by atoms with Gasteiger partial charge in [0.1, 0.15) is 10.5 Å². The van der Waals surface area contributed by atoms with Gasteiger partial charge in [-0.25, -0.2) is 8.42 Å². The number of pyridine rings is 1. The van der Waals surface area contributed by atoms with Gasteiger partial charge in [0.2, 0.25) is 0 Å². The fourth-order valence-electron chi connectivity index (χ4n) is 1.82. The third-order valence-electron chi connectivity index (χ3n) is 3.68. The zero-order valence-electron chi connectivity index (χ0n) is 12.8. The van der Waals surface area contributed by atoms with Crippen LogP contribution < -0.4 is 4.74 Å². The number of rotatable bonds is 5. The first-order chi connectivity index (χ1) is 9.02. The average molecular weight is 299 g/mol. The van der Waals surface area contributed by atoms with Crippen molar-refractivity contribution in [1.82, 2.24) is 4.98 Å². The van der Waals surface area contributed by atoms with Crippen LogP contribution >= 0.6 is 0 Å². The summed E-state index contributed by atoms with van der Waals surface area (Å²) < 4.78 is 27.2. The van der Waals surface area contributed by atoms with Gasteiger partial charge in [0.25, 0.3) is 0 Å². The summed E-state index contributed by atoms with van der Waals surface area (Å²) in [5.74, 6) is 0.307. The monoisotopic (exact) mass is 299 g/mol. The van der Waals surface area contributed by atoms with Gasteiger partial charge in [-0.3, -0.25) is 9.78 Å². The molecule has 0 amide bonds. The summed E-state index contributed by atoms with van der Waals surface area (Å²) in [6.07, 6.45) is 2.67. The van der Waals surface area contributed by atoms with Gasteiger partial charge in [0, 0.05) is 23.6 Å². The highest BCUT2D eigenvalue weighted by Crippen LogP contribution is 2.26. The molecule has 1 rings (SSSR count). The summed E-state index contributed by atoms with van der Waals surface area (Å²) in [6.45, 7) is 6.52. The highest BCUT2D eigenvalue weighted by Gasteiger charge is 2.38. The minimum atomic E-state index is -3.47. The molecule has 1 aromatic heterocycles. The Labute approximate surface area is 120 Å². The normalized spacial score (nSPS) is 12.3. The fraction of sp³-hybridized carbons (Fsp3) is 0.571. The number of methoxy groups -OCH3 is 1. The van der Waals surface area contributed by atoms with E-state index in [1.54, 1.807) is 13.3 Å². The minimum Gasteiger partial charge on any atom is -0.496 e.